The van der Waals surface area contributed by atoms with Gasteiger partial charge < -0.3 is 14.2 Å². The van der Waals surface area contributed by atoms with Crippen molar-refractivity contribution in [3.05, 3.63) is 65.2 Å². The molecule has 2 aromatic carbocycles. The first-order valence-electron chi connectivity index (χ1n) is 7.47. The molecule has 0 saturated carbocycles. The normalized spacial score (nSPS) is 12.4. The number of Topliss-reactive ketones (excluding diaryl/α,β-unsaturated/α-hetero) is 1. The summed E-state index contributed by atoms with van der Waals surface area (Å²) in [6.07, 6.45) is 2.98. The van der Waals surface area contributed by atoms with Crippen LogP contribution in [0.5, 0.6) is 11.5 Å². The highest BCUT2D eigenvalue weighted by atomic mass is 16.7. The minimum absolute atomic E-state index is 0.145. The highest BCUT2D eigenvalue weighted by molar-refractivity contribution is 5.99. The Morgan fingerprint density at radius 2 is 1.92 bits per heavy atom. The first-order chi connectivity index (χ1) is 11.6. The third-order valence-electron chi connectivity index (χ3n) is 3.63. The number of fused-ring (bicyclic) bond motifs is 1. The number of ether oxygens (including phenoxy) is 3. The molecule has 0 atom stereocenters. The summed E-state index contributed by atoms with van der Waals surface area (Å²) in [6.45, 7) is 1.77. The van der Waals surface area contributed by atoms with Crippen LogP contribution in [0.1, 0.15) is 21.5 Å². The van der Waals surface area contributed by atoms with Crippen molar-refractivity contribution in [3.63, 3.8) is 0 Å². The van der Waals surface area contributed by atoms with E-state index >= 15 is 0 Å². The number of carbonyl (C=O) groups is 2. The van der Waals surface area contributed by atoms with E-state index in [0.717, 1.165) is 11.1 Å². The lowest BCUT2D eigenvalue weighted by Gasteiger charge is -2.03. The van der Waals surface area contributed by atoms with E-state index in [1.54, 1.807) is 24.3 Å². The van der Waals surface area contributed by atoms with Crippen LogP contribution >= 0.6 is 0 Å². The molecule has 0 spiro atoms. The molecule has 0 bridgehead atoms. The van der Waals surface area contributed by atoms with Crippen LogP contribution in [0.15, 0.2) is 48.5 Å². The highest BCUT2D eigenvalue weighted by Gasteiger charge is 2.16. The minimum Gasteiger partial charge on any atom is -0.454 e. The number of rotatable bonds is 5. The van der Waals surface area contributed by atoms with Crippen LogP contribution in [0.2, 0.25) is 0 Å². The third-order valence-corrected chi connectivity index (χ3v) is 3.63. The number of esters is 1. The van der Waals surface area contributed by atoms with Crippen LogP contribution in [0.4, 0.5) is 0 Å². The molecule has 0 aliphatic carbocycles. The van der Waals surface area contributed by atoms with E-state index in [4.69, 9.17) is 14.2 Å². The van der Waals surface area contributed by atoms with E-state index in [1.807, 2.05) is 31.2 Å². The molecular formula is C19H16O5. The highest BCUT2D eigenvalue weighted by Crippen LogP contribution is 2.32. The fourth-order valence-corrected chi connectivity index (χ4v) is 2.27. The summed E-state index contributed by atoms with van der Waals surface area (Å²) < 4.78 is 15.4. The Morgan fingerprint density at radius 3 is 2.75 bits per heavy atom. The zero-order chi connectivity index (χ0) is 16.9. The lowest BCUT2D eigenvalue weighted by molar-refractivity contribution is -0.136. The first kappa shape index (κ1) is 15.8. The summed E-state index contributed by atoms with van der Waals surface area (Å²) in [5.41, 5.74) is 2.39. The van der Waals surface area contributed by atoms with Gasteiger partial charge in [0.15, 0.2) is 23.9 Å². The van der Waals surface area contributed by atoms with Crippen molar-refractivity contribution in [2.45, 2.75) is 6.92 Å². The SMILES string of the molecule is Cc1ccccc1/C=C/C(=O)OCC(=O)c1ccc2c(c1)OCO2. The second-order valence-electron chi connectivity index (χ2n) is 5.29. The Hall–Kier alpha value is -3.08. The van der Waals surface area contributed by atoms with Gasteiger partial charge in [-0.1, -0.05) is 24.3 Å². The Labute approximate surface area is 139 Å². The molecule has 5 nitrogen and oxygen atoms in total. The van der Waals surface area contributed by atoms with Crippen LogP contribution in [0.25, 0.3) is 6.08 Å². The van der Waals surface area contributed by atoms with E-state index in [0.29, 0.717) is 17.1 Å². The van der Waals surface area contributed by atoms with Crippen LogP contribution in [-0.4, -0.2) is 25.2 Å². The monoisotopic (exact) mass is 324 g/mol. The van der Waals surface area contributed by atoms with E-state index in [1.165, 1.54) is 6.08 Å². The topological polar surface area (TPSA) is 61.8 Å². The molecule has 3 rings (SSSR count). The largest absolute Gasteiger partial charge is 0.454 e. The van der Waals surface area contributed by atoms with E-state index in [-0.39, 0.29) is 19.2 Å². The zero-order valence-corrected chi connectivity index (χ0v) is 13.2. The van der Waals surface area contributed by atoms with Crippen molar-refractivity contribution in [1.29, 1.82) is 0 Å². The van der Waals surface area contributed by atoms with Crippen LogP contribution in [-0.2, 0) is 9.53 Å². The van der Waals surface area contributed by atoms with Gasteiger partial charge in [-0.05, 0) is 42.3 Å². The van der Waals surface area contributed by atoms with Gasteiger partial charge in [0.1, 0.15) is 0 Å². The number of hydrogen-bond donors (Lipinski definition) is 0. The van der Waals surface area contributed by atoms with Gasteiger partial charge in [0.05, 0.1) is 0 Å². The van der Waals surface area contributed by atoms with Crippen molar-refractivity contribution in [2.24, 2.45) is 0 Å². The molecule has 1 aliphatic rings. The summed E-state index contributed by atoms with van der Waals surface area (Å²) >= 11 is 0. The average Bonchev–Trinajstić information content (AvgIpc) is 3.06. The smallest absolute Gasteiger partial charge is 0.331 e. The minimum atomic E-state index is -0.563. The maximum atomic E-state index is 12.1. The lowest BCUT2D eigenvalue weighted by atomic mass is 10.1. The Kier molecular flexibility index (Phi) is 4.61. The quantitative estimate of drug-likeness (QED) is 0.480. The van der Waals surface area contributed by atoms with Gasteiger partial charge in [0.2, 0.25) is 6.79 Å². The van der Waals surface area contributed by atoms with Crippen molar-refractivity contribution in [2.75, 3.05) is 13.4 Å². The molecule has 122 valence electrons. The third kappa shape index (κ3) is 3.63. The second-order valence-corrected chi connectivity index (χ2v) is 5.29. The molecule has 0 unspecified atom stereocenters. The molecule has 0 saturated heterocycles. The molecule has 0 radical (unpaired) electrons. The zero-order valence-electron chi connectivity index (χ0n) is 13.2. The lowest BCUT2D eigenvalue weighted by Crippen LogP contribution is -2.12. The molecule has 0 amide bonds. The van der Waals surface area contributed by atoms with Crippen LogP contribution < -0.4 is 9.47 Å². The van der Waals surface area contributed by atoms with Crippen molar-refractivity contribution in [3.8, 4) is 11.5 Å². The van der Waals surface area contributed by atoms with Crippen molar-refractivity contribution in [1.82, 2.24) is 0 Å². The van der Waals surface area contributed by atoms with Gasteiger partial charge in [-0.15, -0.1) is 0 Å². The molecular weight excluding hydrogens is 308 g/mol. The van der Waals surface area contributed by atoms with Crippen molar-refractivity contribution < 1.29 is 23.8 Å². The number of benzene rings is 2. The summed E-state index contributed by atoms with van der Waals surface area (Å²) in [5.74, 6) is 0.259. The van der Waals surface area contributed by atoms with Gasteiger partial charge in [-0.3, -0.25) is 4.79 Å². The van der Waals surface area contributed by atoms with E-state index < -0.39 is 5.97 Å². The Bertz CT molecular complexity index is 807. The van der Waals surface area contributed by atoms with Crippen molar-refractivity contribution >= 4 is 17.8 Å². The number of carbonyl (C=O) groups excluding carboxylic acids is 2. The van der Waals surface area contributed by atoms with Gasteiger partial charge in [-0.2, -0.15) is 0 Å². The van der Waals surface area contributed by atoms with Crippen LogP contribution in [0, 0.1) is 6.92 Å². The predicted octanol–water partition coefficient (Wildman–Crippen LogP) is 3.16. The molecule has 1 aliphatic heterocycles. The Balaban J connectivity index is 1.56. The predicted molar refractivity (Wildman–Crippen MR) is 88.1 cm³/mol. The summed E-state index contributed by atoms with van der Waals surface area (Å²) in [5, 5.41) is 0. The molecule has 5 heteroatoms. The summed E-state index contributed by atoms with van der Waals surface area (Å²) in [7, 11) is 0. The van der Waals surface area contributed by atoms with Gasteiger partial charge in [-0.25, -0.2) is 4.79 Å². The summed E-state index contributed by atoms with van der Waals surface area (Å²) in [6, 6.07) is 12.5. The molecule has 0 fully saturated rings. The molecule has 1 heterocycles. The van der Waals surface area contributed by atoms with Gasteiger partial charge in [0.25, 0.3) is 0 Å². The first-order valence-corrected chi connectivity index (χ1v) is 7.47. The number of hydrogen-bond acceptors (Lipinski definition) is 5. The fourth-order valence-electron chi connectivity index (χ4n) is 2.27. The standard InChI is InChI=1S/C19H16O5/c1-13-4-2-3-5-14(13)7-9-19(21)22-11-16(20)15-6-8-17-18(10-15)24-12-23-17/h2-10H,11-12H2,1H3/b9-7+. The average molecular weight is 324 g/mol. The molecule has 2 aromatic rings. The molecule has 0 N–H and O–H groups in total. The van der Waals surface area contributed by atoms with Crippen LogP contribution in [0.3, 0.4) is 0 Å². The summed E-state index contributed by atoms with van der Waals surface area (Å²) in [4.78, 5) is 23.8. The van der Waals surface area contributed by atoms with E-state index in [9.17, 15) is 9.59 Å². The van der Waals surface area contributed by atoms with E-state index in [2.05, 4.69) is 0 Å². The number of ketones is 1. The van der Waals surface area contributed by atoms with Gasteiger partial charge >= 0.3 is 5.97 Å². The van der Waals surface area contributed by atoms with Gasteiger partial charge in [0, 0.05) is 11.6 Å². The Morgan fingerprint density at radius 1 is 1.12 bits per heavy atom. The fraction of sp³-hybridized carbons (Fsp3) is 0.158. The molecule has 0 aromatic heterocycles. The maximum Gasteiger partial charge on any atom is 0.331 e. The number of aryl methyl sites for hydroxylation is 1. The molecule has 24 heavy (non-hydrogen) atoms. The second kappa shape index (κ2) is 7.00. The maximum absolute atomic E-state index is 12.1.